The molecule has 9 atom stereocenters. The average molecular weight is 457 g/mol. The van der Waals surface area contributed by atoms with E-state index in [1.807, 2.05) is 6.92 Å². The third-order valence-electron chi connectivity index (χ3n) is 12.1. The van der Waals surface area contributed by atoms with Gasteiger partial charge in [-0.3, -0.25) is 4.79 Å². The van der Waals surface area contributed by atoms with E-state index in [1.165, 1.54) is 50.5 Å². The number of carbonyl (C=O) groups is 1. The summed E-state index contributed by atoms with van der Waals surface area (Å²) < 4.78 is 0. The number of aliphatic hydroxyl groups is 1. The number of aliphatic hydroxyl groups excluding tert-OH is 1. The number of rotatable bonds is 9. The van der Waals surface area contributed by atoms with Crippen LogP contribution in [0.2, 0.25) is 0 Å². The SMILES string of the molecule is C=C(C)C(O)CCC(C)C1CCC2(C)C3CCC(C(=C)C)C4(CCC(=O)O)CC34CCC12C. The maximum absolute atomic E-state index is 11.6. The Labute approximate surface area is 202 Å². The molecule has 2 N–H and O–H groups in total. The van der Waals surface area contributed by atoms with Crippen LogP contribution in [-0.4, -0.2) is 22.3 Å². The Morgan fingerprint density at radius 3 is 2.33 bits per heavy atom. The van der Waals surface area contributed by atoms with Crippen molar-refractivity contribution >= 4 is 5.97 Å². The van der Waals surface area contributed by atoms with Gasteiger partial charge < -0.3 is 10.2 Å². The van der Waals surface area contributed by atoms with Gasteiger partial charge in [0.1, 0.15) is 0 Å². The van der Waals surface area contributed by atoms with Crippen molar-refractivity contribution in [2.24, 2.45) is 45.3 Å². The monoisotopic (exact) mass is 456 g/mol. The molecule has 4 aliphatic rings. The molecule has 4 aliphatic carbocycles. The second kappa shape index (κ2) is 8.25. The molecule has 4 fully saturated rings. The number of carboxylic acids is 1. The molecule has 9 unspecified atom stereocenters. The van der Waals surface area contributed by atoms with Gasteiger partial charge >= 0.3 is 5.97 Å². The zero-order valence-corrected chi connectivity index (χ0v) is 21.9. The molecule has 3 heteroatoms. The number of hydrogen-bond donors (Lipinski definition) is 2. The largest absolute Gasteiger partial charge is 0.481 e. The van der Waals surface area contributed by atoms with Crippen molar-refractivity contribution in [1.29, 1.82) is 0 Å². The highest BCUT2D eigenvalue weighted by atomic mass is 16.4. The molecule has 0 aromatic carbocycles. The maximum Gasteiger partial charge on any atom is 0.303 e. The number of hydrogen-bond acceptors (Lipinski definition) is 2. The van der Waals surface area contributed by atoms with Crippen molar-refractivity contribution in [3.63, 3.8) is 0 Å². The quantitative estimate of drug-likeness (QED) is 0.355. The van der Waals surface area contributed by atoms with Gasteiger partial charge in [0.2, 0.25) is 0 Å². The first kappa shape index (κ1) is 25.0. The summed E-state index contributed by atoms with van der Waals surface area (Å²) in [5.74, 6) is 1.89. The molecule has 0 amide bonds. The van der Waals surface area contributed by atoms with Crippen LogP contribution in [0.4, 0.5) is 0 Å². The molecule has 186 valence electrons. The van der Waals surface area contributed by atoms with E-state index in [4.69, 9.17) is 0 Å². The zero-order chi connectivity index (χ0) is 24.4. The number of allylic oxidation sites excluding steroid dienone is 1. The van der Waals surface area contributed by atoms with Crippen molar-refractivity contribution in [1.82, 2.24) is 0 Å². The molecule has 0 saturated heterocycles. The Hall–Kier alpha value is -1.09. The van der Waals surface area contributed by atoms with Crippen molar-refractivity contribution in [2.45, 2.75) is 111 Å². The zero-order valence-electron chi connectivity index (χ0n) is 21.9. The molecule has 1 spiro atoms. The molecule has 3 nitrogen and oxygen atoms in total. The van der Waals surface area contributed by atoms with Gasteiger partial charge in [0, 0.05) is 6.42 Å². The van der Waals surface area contributed by atoms with Crippen molar-refractivity contribution in [3.05, 3.63) is 24.3 Å². The van der Waals surface area contributed by atoms with Crippen LogP contribution in [0, 0.1) is 45.3 Å². The Balaban J connectivity index is 1.58. The molecule has 0 bridgehead atoms. The summed E-state index contributed by atoms with van der Waals surface area (Å²) in [6, 6.07) is 0. The van der Waals surface area contributed by atoms with Gasteiger partial charge in [0.05, 0.1) is 6.10 Å². The minimum absolute atomic E-state index is 0.180. The van der Waals surface area contributed by atoms with Gasteiger partial charge in [-0.15, -0.1) is 0 Å². The summed E-state index contributed by atoms with van der Waals surface area (Å²) in [5.41, 5.74) is 3.36. The maximum atomic E-state index is 11.6. The minimum Gasteiger partial charge on any atom is -0.481 e. The van der Waals surface area contributed by atoms with Gasteiger partial charge in [0.25, 0.3) is 0 Å². The molecular formula is C30H48O3. The van der Waals surface area contributed by atoms with Crippen LogP contribution >= 0.6 is 0 Å². The van der Waals surface area contributed by atoms with E-state index >= 15 is 0 Å². The molecule has 4 saturated carbocycles. The Kier molecular flexibility index (Phi) is 6.25. The lowest BCUT2D eigenvalue weighted by Crippen LogP contribution is -2.54. The molecule has 0 heterocycles. The minimum atomic E-state index is -0.646. The summed E-state index contributed by atoms with van der Waals surface area (Å²) in [6.45, 7) is 20.0. The fraction of sp³-hybridized carbons (Fsp3) is 0.833. The van der Waals surface area contributed by atoms with Crippen LogP contribution in [0.1, 0.15) is 105 Å². The fourth-order valence-corrected chi connectivity index (χ4v) is 10.1. The first-order valence-electron chi connectivity index (χ1n) is 13.6. The summed E-state index contributed by atoms with van der Waals surface area (Å²) in [6.07, 6.45) is 11.5. The second-order valence-electron chi connectivity index (χ2n) is 13.3. The molecule has 0 aliphatic heterocycles. The molecule has 0 aromatic heterocycles. The Bertz CT molecular complexity index is 830. The third-order valence-corrected chi connectivity index (χ3v) is 12.1. The number of carboxylic acid groups (broad SMARTS) is 1. The predicted octanol–water partition coefficient (Wildman–Crippen LogP) is 7.40. The summed E-state index contributed by atoms with van der Waals surface area (Å²) in [4.78, 5) is 11.6. The molecule has 4 rings (SSSR count). The fourth-order valence-electron chi connectivity index (χ4n) is 10.1. The van der Waals surface area contributed by atoms with Gasteiger partial charge in [-0.25, -0.2) is 0 Å². The van der Waals surface area contributed by atoms with Crippen LogP contribution in [0.3, 0.4) is 0 Å². The van der Waals surface area contributed by atoms with Gasteiger partial charge in [0.15, 0.2) is 0 Å². The lowest BCUT2D eigenvalue weighted by atomic mass is 9.43. The number of fused-ring (bicyclic) bond motifs is 2. The highest BCUT2D eigenvalue weighted by molar-refractivity contribution is 5.67. The van der Waals surface area contributed by atoms with Gasteiger partial charge in [-0.2, -0.15) is 0 Å². The van der Waals surface area contributed by atoms with E-state index in [0.717, 1.165) is 24.8 Å². The predicted molar refractivity (Wildman–Crippen MR) is 135 cm³/mol. The summed E-state index contributed by atoms with van der Waals surface area (Å²) in [5, 5.41) is 19.8. The van der Waals surface area contributed by atoms with E-state index in [-0.39, 0.29) is 11.5 Å². The molecular weight excluding hydrogens is 408 g/mol. The van der Waals surface area contributed by atoms with Crippen molar-refractivity contribution < 1.29 is 15.0 Å². The highest BCUT2D eigenvalue weighted by Crippen LogP contribution is 2.87. The second-order valence-corrected chi connectivity index (χ2v) is 13.3. The topological polar surface area (TPSA) is 57.5 Å². The first-order valence-corrected chi connectivity index (χ1v) is 13.6. The molecule has 0 radical (unpaired) electrons. The Morgan fingerprint density at radius 2 is 1.73 bits per heavy atom. The standard InChI is InChI=1S/C30H48O3/c1-19(2)22-9-11-25-28(7)14-12-23(21(5)8-10-24(31)20(3)4)27(28,6)16-17-30(25)18-29(22,30)15-13-26(32)33/h21-25,31H,1,3,8-18H2,2,4-7H3,(H,32,33). The van der Waals surface area contributed by atoms with Crippen LogP contribution in [0.15, 0.2) is 24.3 Å². The van der Waals surface area contributed by atoms with E-state index in [2.05, 4.69) is 40.9 Å². The van der Waals surface area contributed by atoms with E-state index in [1.54, 1.807) is 0 Å². The van der Waals surface area contributed by atoms with E-state index < -0.39 is 5.97 Å². The summed E-state index contributed by atoms with van der Waals surface area (Å²) >= 11 is 0. The summed E-state index contributed by atoms with van der Waals surface area (Å²) in [7, 11) is 0. The van der Waals surface area contributed by atoms with Crippen molar-refractivity contribution in [2.75, 3.05) is 0 Å². The normalized spacial score (nSPS) is 45.3. The Morgan fingerprint density at radius 1 is 1.03 bits per heavy atom. The average Bonchev–Trinajstić information content (AvgIpc) is 3.33. The molecule has 0 aromatic rings. The van der Waals surface area contributed by atoms with Crippen LogP contribution in [0.5, 0.6) is 0 Å². The van der Waals surface area contributed by atoms with E-state index in [0.29, 0.717) is 46.3 Å². The lowest BCUT2D eigenvalue weighted by molar-refractivity contribution is -0.139. The smallest absolute Gasteiger partial charge is 0.303 e. The van der Waals surface area contributed by atoms with Crippen LogP contribution in [-0.2, 0) is 4.79 Å². The van der Waals surface area contributed by atoms with Gasteiger partial charge in [-0.05, 0) is 123 Å². The van der Waals surface area contributed by atoms with Crippen LogP contribution < -0.4 is 0 Å². The third kappa shape index (κ3) is 3.50. The first-order chi connectivity index (χ1) is 15.3. The van der Waals surface area contributed by atoms with E-state index in [9.17, 15) is 15.0 Å². The highest BCUT2D eigenvalue weighted by Gasteiger charge is 2.80. The van der Waals surface area contributed by atoms with Crippen LogP contribution in [0.25, 0.3) is 0 Å². The van der Waals surface area contributed by atoms with Gasteiger partial charge in [-0.1, -0.05) is 45.1 Å². The molecule has 33 heavy (non-hydrogen) atoms. The van der Waals surface area contributed by atoms with Crippen molar-refractivity contribution in [3.8, 4) is 0 Å². The number of aliphatic carboxylic acids is 1. The lowest BCUT2D eigenvalue weighted by Gasteiger charge is -2.61.